The molecule has 0 bridgehead atoms. The fraction of sp³-hybridized carbons (Fsp3) is 0.926. The zero-order chi connectivity index (χ0) is 20.1. The molecule has 4 aliphatic carbocycles. The second-order valence-corrected chi connectivity index (χ2v) is 12.9. The Morgan fingerprint density at radius 3 is 2.54 bits per heavy atom. The summed E-state index contributed by atoms with van der Waals surface area (Å²) in [7, 11) is 0. The first-order valence-electron chi connectivity index (χ1n) is 12.6. The molecular weight excluding hydrogens is 356 g/mol. The molecule has 4 rings (SSSR count). The van der Waals surface area contributed by atoms with Gasteiger partial charge >= 0.3 is 0 Å². The van der Waals surface area contributed by atoms with E-state index < -0.39 is 0 Å². The van der Waals surface area contributed by atoms with Crippen LogP contribution in [-0.2, 0) is 0 Å². The fourth-order valence-corrected chi connectivity index (χ4v) is 8.99. The normalized spacial score (nSPS) is 46.5. The van der Waals surface area contributed by atoms with Gasteiger partial charge in [0, 0.05) is 5.25 Å². The molecule has 0 radical (unpaired) electrons. The van der Waals surface area contributed by atoms with Crippen LogP contribution < -0.4 is 0 Å². The summed E-state index contributed by atoms with van der Waals surface area (Å²) < 4.78 is 0. The van der Waals surface area contributed by atoms with Gasteiger partial charge in [0.05, 0.1) is 0 Å². The van der Waals surface area contributed by atoms with Crippen molar-refractivity contribution in [2.75, 3.05) is 0 Å². The number of thiol groups is 1. The van der Waals surface area contributed by atoms with E-state index in [1.807, 2.05) is 0 Å². The molecule has 0 aromatic heterocycles. The quantitative estimate of drug-likeness (QED) is 0.347. The van der Waals surface area contributed by atoms with Crippen LogP contribution >= 0.6 is 12.6 Å². The van der Waals surface area contributed by atoms with E-state index in [2.05, 4.69) is 40.7 Å². The number of hydrogen-bond acceptors (Lipinski definition) is 1. The Labute approximate surface area is 181 Å². The lowest BCUT2D eigenvalue weighted by atomic mass is 9.47. The maximum absolute atomic E-state index is 4.84. The number of rotatable bonds is 5. The minimum absolute atomic E-state index is 0.504. The molecular formula is C27H46S. The molecule has 8 atom stereocenters. The van der Waals surface area contributed by atoms with Gasteiger partial charge in [-0.1, -0.05) is 65.5 Å². The van der Waals surface area contributed by atoms with E-state index in [1.165, 1.54) is 70.6 Å². The summed E-state index contributed by atoms with van der Waals surface area (Å²) in [4.78, 5) is 0. The van der Waals surface area contributed by atoms with Crippen molar-refractivity contribution >= 4 is 12.6 Å². The third kappa shape index (κ3) is 3.54. The summed E-state index contributed by atoms with van der Waals surface area (Å²) in [6.45, 7) is 12.7. The average Bonchev–Trinajstić information content (AvgIpc) is 2.99. The van der Waals surface area contributed by atoms with Crippen molar-refractivity contribution in [1.82, 2.24) is 0 Å². The van der Waals surface area contributed by atoms with Gasteiger partial charge in [-0.05, 0) is 97.7 Å². The Morgan fingerprint density at radius 1 is 1.00 bits per heavy atom. The highest BCUT2D eigenvalue weighted by Gasteiger charge is 2.58. The molecule has 0 aliphatic heterocycles. The highest BCUT2D eigenvalue weighted by molar-refractivity contribution is 7.80. The Bertz CT molecular complexity index is 591. The number of hydrogen-bond donors (Lipinski definition) is 1. The maximum atomic E-state index is 4.84. The Kier molecular flexibility index (Phi) is 6.07. The molecule has 1 heteroatoms. The topological polar surface area (TPSA) is 0 Å². The van der Waals surface area contributed by atoms with E-state index in [-0.39, 0.29) is 0 Å². The van der Waals surface area contributed by atoms with Crippen molar-refractivity contribution in [3.63, 3.8) is 0 Å². The van der Waals surface area contributed by atoms with Crippen LogP contribution in [0.4, 0.5) is 0 Å². The summed E-state index contributed by atoms with van der Waals surface area (Å²) >= 11 is 4.84. The van der Waals surface area contributed by atoms with Gasteiger partial charge < -0.3 is 0 Å². The predicted octanol–water partition coefficient (Wildman–Crippen LogP) is 8.33. The second-order valence-electron chi connectivity index (χ2n) is 12.2. The molecule has 160 valence electrons. The van der Waals surface area contributed by atoms with Crippen LogP contribution in [0.3, 0.4) is 0 Å². The zero-order valence-corrected chi connectivity index (χ0v) is 20.2. The van der Waals surface area contributed by atoms with Crippen molar-refractivity contribution in [3.05, 3.63) is 11.6 Å². The van der Waals surface area contributed by atoms with E-state index in [0.29, 0.717) is 16.1 Å². The van der Waals surface area contributed by atoms with Crippen molar-refractivity contribution < 1.29 is 0 Å². The van der Waals surface area contributed by atoms with Crippen LogP contribution in [0.5, 0.6) is 0 Å². The SMILES string of the molecule is CC(C)CCC[C@H](C)[C@@H]1CC[C@@H]2[C@@H]3CC=C4C[C@H](S)CC[C@]4(C)[C@H]3CC[C@@]21C. The molecule has 0 amide bonds. The van der Waals surface area contributed by atoms with Crippen LogP contribution in [0, 0.1) is 46.3 Å². The van der Waals surface area contributed by atoms with E-state index in [4.69, 9.17) is 12.6 Å². The molecule has 0 heterocycles. The molecule has 0 saturated heterocycles. The molecule has 4 aliphatic rings. The standard InChI is InChI=1S/C27H46S/c1-18(2)7-6-8-19(3)23-11-12-24-22-10-9-20-17-21(28)13-15-26(20,4)25(22)14-16-27(23,24)5/h9,18-19,21-25,28H,6-8,10-17H2,1-5H3/t19-,21+,22-,23-,24+,25-,26-,27+/m0/s1. The van der Waals surface area contributed by atoms with Gasteiger partial charge in [-0.25, -0.2) is 0 Å². The summed E-state index contributed by atoms with van der Waals surface area (Å²) in [6, 6.07) is 0. The number of allylic oxidation sites excluding steroid dienone is 2. The predicted molar refractivity (Wildman–Crippen MR) is 126 cm³/mol. The van der Waals surface area contributed by atoms with E-state index in [1.54, 1.807) is 5.57 Å². The van der Waals surface area contributed by atoms with E-state index in [0.717, 1.165) is 35.5 Å². The van der Waals surface area contributed by atoms with E-state index in [9.17, 15) is 0 Å². The molecule has 0 unspecified atom stereocenters. The van der Waals surface area contributed by atoms with E-state index >= 15 is 0 Å². The molecule has 0 nitrogen and oxygen atoms in total. The first kappa shape index (κ1) is 21.3. The van der Waals surface area contributed by atoms with Gasteiger partial charge in [0.1, 0.15) is 0 Å². The Balaban J connectivity index is 1.49. The molecule has 28 heavy (non-hydrogen) atoms. The van der Waals surface area contributed by atoms with Crippen LogP contribution in [-0.4, -0.2) is 5.25 Å². The smallest absolute Gasteiger partial charge is 0.00545 e. The van der Waals surface area contributed by atoms with Crippen molar-refractivity contribution in [2.24, 2.45) is 46.3 Å². The molecule has 0 spiro atoms. The minimum Gasteiger partial charge on any atom is -0.176 e. The molecule has 3 saturated carbocycles. The van der Waals surface area contributed by atoms with Crippen molar-refractivity contribution in [2.45, 2.75) is 110 Å². The third-order valence-electron chi connectivity index (χ3n) is 10.3. The monoisotopic (exact) mass is 402 g/mol. The Hall–Kier alpha value is 0.0900. The van der Waals surface area contributed by atoms with Gasteiger partial charge in [-0.15, -0.1) is 0 Å². The lowest BCUT2D eigenvalue weighted by Crippen LogP contribution is -2.50. The van der Waals surface area contributed by atoms with Crippen molar-refractivity contribution in [3.8, 4) is 0 Å². The largest absolute Gasteiger partial charge is 0.176 e. The summed E-state index contributed by atoms with van der Waals surface area (Å²) in [6.07, 6.45) is 18.4. The average molecular weight is 403 g/mol. The Morgan fingerprint density at radius 2 is 1.79 bits per heavy atom. The van der Waals surface area contributed by atoms with Gasteiger partial charge in [0.2, 0.25) is 0 Å². The highest BCUT2D eigenvalue weighted by atomic mass is 32.1. The zero-order valence-electron chi connectivity index (χ0n) is 19.3. The first-order valence-corrected chi connectivity index (χ1v) is 13.1. The van der Waals surface area contributed by atoms with Gasteiger partial charge in [0.15, 0.2) is 0 Å². The summed E-state index contributed by atoms with van der Waals surface area (Å²) in [5.74, 6) is 5.70. The fourth-order valence-electron chi connectivity index (χ4n) is 8.67. The first-order chi connectivity index (χ1) is 13.3. The van der Waals surface area contributed by atoms with Crippen molar-refractivity contribution in [1.29, 1.82) is 0 Å². The molecule has 0 N–H and O–H groups in total. The van der Waals surface area contributed by atoms with Crippen LogP contribution in [0.2, 0.25) is 0 Å². The van der Waals surface area contributed by atoms with Gasteiger partial charge in [0.25, 0.3) is 0 Å². The van der Waals surface area contributed by atoms with Crippen LogP contribution in [0.1, 0.15) is 105 Å². The number of fused-ring (bicyclic) bond motifs is 5. The minimum atomic E-state index is 0.504. The lowest BCUT2D eigenvalue weighted by Gasteiger charge is -2.58. The highest BCUT2D eigenvalue weighted by Crippen LogP contribution is 2.67. The molecule has 0 aromatic rings. The maximum Gasteiger partial charge on any atom is 0.00545 e. The second kappa shape index (κ2) is 7.97. The van der Waals surface area contributed by atoms with Gasteiger partial charge in [-0.3, -0.25) is 0 Å². The van der Waals surface area contributed by atoms with Gasteiger partial charge in [-0.2, -0.15) is 12.6 Å². The summed E-state index contributed by atoms with van der Waals surface area (Å²) in [5, 5.41) is 0.618. The third-order valence-corrected chi connectivity index (χ3v) is 10.7. The van der Waals surface area contributed by atoms with Crippen LogP contribution in [0.15, 0.2) is 11.6 Å². The lowest BCUT2D eigenvalue weighted by molar-refractivity contribution is -0.0497. The summed E-state index contributed by atoms with van der Waals surface area (Å²) in [5.41, 5.74) is 2.92. The molecule has 3 fully saturated rings. The molecule has 0 aromatic carbocycles. The van der Waals surface area contributed by atoms with Crippen LogP contribution in [0.25, 0.3) is 0 Å².